The van der Waals surface area contributed by atoms with Crippen molar-refractivity contribution >= 4 is 17.6 Å². The molecule has 0 aliphatic carbocycles. The number of rotatable bonds is 4. The summed E-state index contributed by atoms with van der Waals surface area (Å²) in [5, 5.41) is 10.0. The van der Waals surface area contributed by atoms with E-state index in [2.05, 4.69) is 4.74 Å². The summed E-state index contributed by atoms with van der Waals surface area (Å²) in [6, 6.07) is 3.75. The Morgan fingerprint density at radius 3 is 2.76 bits per heavy atom. The lowest BCUT2D eigenvalue weighted by Crippen LogP contribution is -2.16. The maximum absolute atomic E-state index is 12.8. The standard InChI is InChI=1S/C12H14ClFO3/c1-7(12(16)17-2)5-11(15)9-4-3-8(14)6-10(9)13/h3-4,6-7,11,15H,5H2,1-2H3. The molecule has 3 nitrogen and oxygen atoms in total. The van der Waals surface area contributed by atoms with Gasteiger partial charge in [-0.2, -0.15) is 0 Å². The molecule has 0 fully saturated rings. The van der Waals surface area contributed by atoms with E-state index in [4.69, 9.17) is 11.6 Å². The predicted octanol–water partition coefficient (Wildman–Crippen LogP) is 2.71. The summed E-state index contributed by atoms with van der Waals surface area (Å²) >= 11 is 5.81. The first-order chi connectivity index (χ1) is 7.95. The zero-order valence-corrected chi connectivity index (χ0v) is 10.4. The van der Waals surface area contributed by atoms with Gasteiger partial charge in [0.25, 0.3) is 0 Å². The lowest BCUT2D eigenvalue weighted by Gasteiger charge is -2.16. The first-order valence-electron chi connectivity index (χ1n) is 5.16. The number of carbonyl (C=O) groups excluding carboxylic acids is 1. The van der Waals surface area contributed by atoms with Gasteiger partial charge in [0.2, 0.25) is 0 Å². The molecule has 0 saturated carbocycles. The smallest absolute Gasteiger partial charge is 0.308 e. The van der Waals surface area contributed by atoms with Gasteiger partial charge in [-0.1, -0.05) is 24.6 Å². The fourth-order valence-corrected chi connectivity index (χ4v) is 1.82. The summed E-state index contributed by atoms with van der Waals surface area (Å²) < 4.78 is 17.4. The van der Waals surface area contributed by atoms with Crippen LogP contribution in [0.15, 0.2) is 18.2 Å². The van der Waals surface area contributed by atoms with E-state index in [9.17, 15) is 14.3 Å². The second kappa shape index (κ2) is 5.98. The topological polar surface area (TPSA) is 46.5 Å². The van der Waals surface area contributed by atoms with E-state index in [1.165, 1.54) is 19.2 Å². The molecule has 1 rings (SSSR count). The van der Waals surface area contributed by atoms with Gasteiger partial charge in [0.05, 0.1) is 19.1 Å². The van der Waals surface area contributed by atoms with Crippen LogP contribution in [0.4, 0.5) is 4.39 Å². The largest absolute Gasteiger partial charge is 0.469 e. The molecule has 1 N–H and O–H groups in total. The monoisotopic (exact) mass is 260 g/mol. The van der Waals surface area contributed by atoms with Crippen LogP contribution in [0.3, 0.4) is 0 Å². The van der Waals surface area contributed by atoms with E-state index in [1.54, 1.807) is 6.92 Å². The summed E-state index contributed by atoms with van der Waals surface area (Å²) in [4.78, 5) is 11.2. The van der Waals surface area contributed by atoms with E-state index < -0.39 is 23.8 Å². The van der Waals surface area contributed by atoms with Crippen molar-refractivity contribution in [2.45, 2.75) is 19.4 Å². The molecule has 0 spiro atoms. The molecule has 0 radical (unpaired) electrons. The Labute approximate surface area is 104 Å². The summed E-state index contributed by atoms with van der Waals surface area (Å²) in [5.74, 6) is -1.31. The third-order valence-corrected chi connectivity index (χ3v) is 2.83. The Morgan fingerprint density at radius 1 is 1.59 bits per heavy atom. The number of carbonyl (C=O) groups is 1. The summed E-state index contributed by atoms with van der Waals surface area (Å²) in [7, 11) is 1.29. The molecule has 0 heterocycles. The van der Waals surface area contributed by atoms with Crippen LogP contribution in [0, 0.1) is 11.7 Å². The predicted molar refractivity (Wildman–Crippen MR) is 62.2 cm³/mol. The van der Waals surface area contributed by atoms with E-state index in [-0.39, 0.29) is 11.4 Å². The Morgan fingerprint density at radius 2 is 2.24 bits per heavy atom. The van der Waals surface area contributed by atoms with Gasteiger partial charge in [0.1, 0.15) is 5.82 Å². The third-order valence-electron chi connectivity index (χ3n) is 2.50. The molecule has 0 aliphatic rings. The van der Waals surface area contributed by atoms with Crippen molar-refractivity contribution in [1.29, 1.82) is 0 Å². The number of hydrogen-bond donors (Lipinski definition) is 1. The minimum absolute atomic E-state index is 0.148. The first kappa shape index (κ1) is 13.9. The SMILES string of the molecule is COC(=O)C(C)CC(O)c1ccc(F)cc1Cl. The van der Waals surface area contributed by atoms with Crippen LogP contribution < -0.4 is 0 Å². The van der Waals surface area contributed by atoms with E-state index in [0.717, 1.165) is 6.07 Å². The third kappa shape index (κ3) is 3.68. The number of aliphatic hydroxyl groups excluding tert-OH is 1. The van der Waals surface area contributed by atoms with Crippen LogP contribution in [-0.4, -0.2) is 18.2 Å². The molecule has 0 bridgehead atoms. The van der Waals surface area contributed by atoms with Gasteiger partial charge < -0.3 is 9.84 Å². The van der Waals surface area contributed by atoms with Crippen molar-refractivity contribution in [3.63, 3.8) is 0 Å². The van der Waals surface area contributed by atoms with Gasteiger partial charge in [-0.15, -0.1) is 0 Å². The second-order valence-electron chi connectivity index (χ2n) is 3.84. The highest BCUT2D eigenvalue weighted by Crippen LogP contribution is 2.28. The number of halogens is 2. The molecule has 1 aromatic rings. The Hall–Kier alpha value is -1.13. The summed E-state index contributed by atoms with van der Waals surface area (Å²) in [5.41, 5.74) is 0.406. The molecule has 0 amide bonds. The molecule has 0 aromatic heterocycles. The van der Waals surface area contributed by atoms with Gasteiger partial charge in [0.15, 0.2) is 0 Å². The van der Waals surface area contributed by atoms with E-state index in [1.807, 2.05) is 0 Å². The Kier molecular flexibility index (Phi) is 4.90. The van der Waals surface area contributed by atoms with Crippen LogP contribution in [0.25, 0.3) is 0 Å². The van der Waals surface area contributed by atoms with E-state index >= 15 is 0 Å². The molecule has 0 saturated heterocycles. The lowest BCUT2D eigenvalue weighted by molar-refractivity contribution is -0.145. The first-order valence-corrected chi connectivity index (χ1v) is 5.54. The zero-order chi connectivity index (χ0) is 13.0. The van der Waals surface area contributed by atoms with Crippen LogP contribution in [0.5, 0.6) is 0 Å². The van der Waals surface area contributed by atoms with Gasteiger partial charge >= 0.3 is 5.97 Å². The highest BCUT2D eigenvalue weighted by molar-refractivity contribution is 6.31. The maximum Gasteiger partial charge on any atom is 0.308 e. The average molecular weight is 261 g/mol. The van der Waals surface area contributed by atoms with Crippen LogP contribution in [0.2, 0.25) is 5.02 Å². The van der Waals surface area contributed by atoms with E-state index in [0.29, 0.717) is 5.56 Å². The molecular weight excluding hydrogens is 247 g/mol. The average Bonchev–Trinajstić information content (AvgIpc) is 2.27. The number of ether oxygens (including phenoxy) is 1. The summed E-state index contributed by atoms with van der Waals surface area (Å²) in [6.45, 7) is 1.65. The molecule has 5 heteroatoms. The number of hydrogen-bond acceptors (Lipinski definition) is 3. The number of benzene rings is 1. The summed E-state index contributed by atoms with van der Waals surface area (Å²) in [6.07, 6.45) is -0.741. The van der Waals surface area contributed by atoms with Crippen molar-refractivity contribution in [1.82, 2.24) is 0 Å². The molecule has 2 unspecified atom stereocenters. The quantitative estimate of drug-likeness (QED) is 0.847. The van der Waals surface area contributed by atoms with Crippen LogP contribution in [-0.2, 0) is 9.53 Å². The molecular formula is C12H14ClFO3. The minimum atomic E-state index is -0.919. The number of esters is 1. The Balaban J connectivity index is 2.76. The molecule has 94 valence electrons. The van der Waals surface area contributed by atoms with Crippen LogP contribution >= 0.6 is 11.6 Å². The van der Waals surface area contributed by atoms with Gasteiger partial charge in [-0.25, -0.2) is 4.39 Å². The molecule has 1 aromatic carbocycles. The zero-order valence-electron chi connectivity index (χ0n) is 9.61. The molecule has 0 aliphatic heterocycles. The minimum Gasteiger partial charge on any atom is -0.469 e. The van der Waals surface area contributed by atoms with Gasteiger partial charge in [-0.05, 0) is 24.1 Å². The van der Waals surface area contributed by atoms with Crippen molar-refractivity contribution < 1.29 is 19.0 Å². The van der Waals surface area contributed by atoms with Crippen molar-refractivity contribution in [3.8, 4) is 0 Å². The van der Waals surface area contributed by atoms with Crippen LogP contribution in [0.1, 0.15) is 25.0 Å². The van der Waals surface area contributed by atoms with Gasteiger partial charge in [-0.3, -0.25) is 4.79 Å². The van der Waals surface area contributed by atoms with Crippen molar-refractivity contribution in [3.05, 3.63) is 34.6 Å². The normalized spacial score (nSPS) is 14.2. The maximum atomic E-state index is 12.8. The van der Waals surface area contributed by atoms with Crippen molar-refractivity contribution in [2.24, 2.45) is 5.92 Å². The highest BCUT2D eigenvalue weighted by atomic mass is 35.5. The lowest BCUT2D eigenvalue weighted by atomic mass is 9.98. The van der Waals surface area contributed by atoms with Gasteiger partial charge in [0, 0.05) is 5.02 Å². The molecule has 2 atom stereocenters. The second-order valence-corrected chi connectivity index (χ2v) is 4.25. The number of methoxy groups -OCH3 is 1. The fourth-order valence-electron chi connectivity index (χ4n) is 1.53. The van der Waals surface area contributed by atoms with Crippen molar-refractivity contribution in [2.75, 3.05) is 7.11 Å². The fraction of sp³-hybridized carbons (Fsp3) is 0.417. The number of aliphatic hydroxyl groups is 1. The Bertz CT molecular complexity index is 409. The highest BCUT2D eigenvalue weighted by Gasteiger charge is 2.20. The molecule has 17 heavy (non-hydrogen) atoms.